The second-order valence-corrected chi connectivity index (χ2v) is 8.99. The molecular weight excluding hydrogens is 356 g/mol. The van der Waals surface area contributed by atoms with E-state index in [1.54, 1.807) is 0 Å². The first-order valence-electron chi connectivity index (χ1n) is 8.82. The predicted molar refractivity (Wildman–Crippen MR) is 95.7 cm³/mol. The molecule has 2 aliphatic heterocycles. The third kappa shape index (κ3) is 4.31. The largest absolute Gasteiger partial charge is 0.372 e. The summed E-state index contributed by atoms with van der Waals surface area (Å²) in [6, 6.07) is 7.97. The van der Waals surface area contributed by atoms with E-state index in [4.69, 9.17) is 4.74 Å². The molecule has 1 fully saturated rings. The number of amides is 2. The molecule has 0 radical (unpaired) electrons. The number of likely N-dealkylation sites (tertiary alicyclic amines) is 1. The van der Waals surface area contributed by atoms with Gasteiger partial charge in [0.25, 0.3) is 0 Å². The molecule has 2 aliphatic rings. The van der Waals surface area contributed by atoms with Crippen LogP contribution in [-0.4, -0.2) is 61.4 Å². The summed E-state index contributed by atoms with van der Waals surface area (Å²) in [5, 5.41) is 0. The van der Waals surface area contributed by atoms with Crippen LogP contribution in [0, 0.1) is 0 Å². The Labute approximate surface area is 154 Å². The Morgan fingerprint density at radius 2 is 1.81 bits per heavy atom. The van der Waals surface area contributed by atoms with E-state index in [1.807, 2.05) is 24.3 Å². The maximum atomic E-state index is 12.5. The monoisotopic (exact) mass is 380 g/mol. The van der Waals surface area contributed by atoms with Crippen LogP contribution < -0.4 is 0 Å². The Morgan fingerprint density at radius 3 is 2.50 bits per heavy atom. The normalized spacial score (nSPS) is 21.2. The van der Waals surface area contributed by atoms with Crippen molar-refractivity contribution in [1.82, 2.24) is 9.21 Å². The number of likely N-dealkylation sites (N-methyl/N-ethyl adjacent to an activating group) is 1. The van der Waals surface area contributed by atoms with Crippen LogP contribution in [0.3, 0.4) is 0 Å². The third-order valence-electron chi connectivity index (χ3n) is 4.93. The number of carbonyl (C=O) groups excluding carboxylic acids is 2. The Morgan fingerprint density at radius 1 is 1.15 bits per heavy atom. The van der Waals surface area contributed by atoms with Crippen LogP contribution in [0.25, 0.3) is 0 Å². The zero-order chi connectivity index (χ0) is 18.7. The van der Waals surface area contributed by atoms with Crippen LogP contribution in [0.2, 0.25) is 0 Å². The van der Waals surface area contributed by atoms with Crippen LogP contribution in [0.1, 0.15) is 30.4 Å². The molecule has 26 heavy (non-hydrogen) atoms. The van der Waals surface area contributed by atoms with Gasteiger partial charge in [-0.2, -0.15) is 0 Å². The van der Waals surface area contributed by atoms with Crippen molar-refractivity contribution in [1.29, 1.82) is 0 Å². The zero-order valence-electron chi connectivity index (χ0n) is 14.9. The highest BCUT2D eigenvalue weighted by Crippen LogP contribution is 2.21. The van der Waals surface area contributed by atoms with Gasteiger partial charge in [-0.3, -0.25) is 14.5 Å². The maximum absolute atomic E-state index is 12.5. The van der Waals surface area contributed by atoms with Gasteiger partial charge in [-0.15, -0.1) is 0 Å². The summed E-state index contributed by atoms with van der Waals surface area (Å²) in [6.07, 6.45) is 1.61. The number of piperidine rings is 1. The van der Waals surface area contributed by atoms with Gasteiger partial charge < -0.3 is 4.74 Å². The first-order chi connectivity index (χ1) is 12.4. The van der Waals surface area contributed by atoms with Crippen molar-refractivity contribution in [2.75, 3.05) is 25.9 Å². The summed E-state index contributed by atoms with van der Waals surface area (Å²) in [4.78, 5) is 24.7. The molecule has 0 bridgehead atoms. The van der Waals surface area contributed by atoms with Crippen LogP contribution in [0.4, 0.5) is 0 Å². The standard InChI is InChI=1S/C18H24N2O5S/c1-19(12-16-11-14-5-2-3-6-15(14)13-25-16)26(23,24)10-9-20-17(21)7-4-8-18(20)22/h2-3,5-6,16H,4,7-13H2,1H3. The van der Waals surface area contributed by atoms with Crippen molar-refractivity contribution in [2.24, 2.45) is 0 Å². The minimum atomic E-state index is -3.58. The molecule has 2 amide bonds. The number of sulfonamides is 1. The molecule has 0 N–H and O–H groups in total. The lowest BCUT2D eigenvalue weighted by atomic mass is 9.99. The van der Waals surface area contributed by atoms with Gasteiger partial charge in [-0.1, -0.05) is 24.3 Å². The second kappa shape index (κ2) is 7.85. The molecule has 3 rings (SSSR count). The summed E-state index contributed by atoms with van der Waals surface area (Å²) in [6.45, 7) is 0.642. The minimum absolute atomic E-state index is 0.0846. The number of nitrogens with zero attached hydrogens (tertiary/aromatic N) is 2. The van der Waals surface area contributed by atoms with Crippen molar-refractivity contribution in [2.45, 2.75) is 38.4 Å². The maximum Gasteiger partial charge on any atom is 0.229 e. The number of fused-ring (bicyclic) bond motifs is 1. The van der Waals surface area contributed by atoms with Gasteiger partial charge in [0.05, 0.1) is 18.5 Å². The van der Waals surface area contributed by atoms with Gasteiger partial charge in [0.15, 0.2) is 0 Å². The van der Waals surface area contributed by atoms with Crippen molar-refractivity contribution < 1.29 is 22.7 Å². The quantitative estimate of drug-likeness (QED) is 0.686. The van der Waals surface area contributed by atoms with Gasteiger partial charge in [-0.05, 0) is 17.5 Å². The fourth-order valence-corrected chi connectivity index (χ4v) is 4.46. The summed E-state index contributed by atoms with van der Waals surface area (Å²) >= 11 is 0. The smallest absolute Gasteiger partial charge is 0.229 e. The molecule has 8 heteroatoms. The molecule has 142 valence electrons. The second-order valence-electron chi connectivity index (χ2n) is 6.80. The number of carbonyl (C=O) groups is 2. The van der Waals surface area contributed by atoms with Gasteiger partial charge in [0.2, 0.25) is 21.8 Å². The van der Waals surface area contributed by atoms with Crippen LogP contribution in [-0.2, 0) is 37.4 Å². The molecule has 0 aromatic heterocycles. The number of benzene rings is 1. The average Bonchev–Trinajstić information content (AvgIpc) is 2.61. The summed E-state index contributed by atoms with van der Waals surface area (Å²) in [5.41, 5.74) is 2.32. The first-order valence-corrected chi connectivity index (χ1v) is 10.4. The van der Waals surface area contributed by atoms with E-state index in [-0.39, 0.29) is 36.8 Å². The average molecular weight is 380 g/mol. The Balaban J connectivity index is 1.56. The van der Waals surface area contributed by atoms with E-state index < -0.39 is 10.0 Å². The number of ether oxygens (including phenoxy) is 1. The summed E-state index contributed by atoms with van der Waals surface area (Å²) in [7, 11) is -2.06. The first kappa shape index (κ1) is 19.0. The van der Waals surface area contributed by atoms with E-state index in [0.717, 1.165) is 10.5 Å². The zero-order valence-corrected chi connectivity index (χ0v) is 15.7. The van der Waals surface area contributed by atoms with Gasteiger partial charge in [0.1, 0.15) is 0 Å². The molecule has 2 heterocycles. The highest BCUT2D eigenvalue weighted by atomic mass is 32.2. The van der Waals surface area contributed by atoms with E-state index in [0.29, 0.717) is 32.3 Å². The van der Waals surface area contributed by atoms with Crippen molar-refractivity contribution in [3.63, 3.8) is 0 Å². The van der Waals surface area contributed by atoms with Crippen molar-refractivity contribution >= 4 is 21.8 Å². The fraction of sp³-hybridized carbons (Fsp3) is 0.556. The Hall–Kier alpha value is -1.77. The molecule has 1 aromatic rings. The van der Waals surface area contributed by atoms with E-state index in [9.17, 15) is 18.0 Å². The summed E-state index contributed by atoms with van der Waals surface area (Å²) < 4.78 is 32.1. The molecule has 0 spiro atoms. The Kier molecular flexibility index (Phi) is 5.74. The van der Waals surface area contributed by atoms with Gasteiger partial charge in [0, 0.05) is 39.4 Å². The molecule has 1 aromatic carbocycles. The van der Waals surface area contributed by atoms with E-state index >= 15 is 0 Å². The lowest BCUT2D eigenvalue weighted by molar-refractivity contribution is -0.147. The van der Waals surface area contributed by atoms with Crippen LogP contribution >= 0.6 is 0 Å². The minimum Gasteiger partial charge on any atom is -0.372 e. The topological polar surface area (TPSA) is 84.0 Å². The fourth-order valence-electron chi connectivity index (χ4n) is 3.34. The van der Waals surface area contributed by atoms with Crippen molar-refractivity contribution in [3.8, 4) is 0 Å². The van der Waals surface area contributed by atoms with Gasteiger partial charge >= 0.3 is 0 Å². The van der Waals surface area contributed by atoms with E-state index in [1.165, 1.54) is 16.9 Å². The third-order valence-corrected chi connectivity index (χ3v) is 6.73. The lowest BCUT2D eigenvalue weighted by Crippen LogP contribution is -2.45. The molecule has 1 saturated heterocycles. The highest BCUT2D eigenvalue weighted by molar-refractivity contribution is 7.89. The predicted octanol–water partition coefficient (Wildman–Crippen LogP) is 0.929. The van der Waals surface area contributed by atoms with Crippen molar-refractivity contribution in [3.05, 3.63) is 35.4 Å². The number of imide groups is 1. The Bertz CT molecular complexity index is 777. The highest BCUT2D eigenvalue weighted by Gasteiger charge is 2.30. The number of hydrogen-bond donors (Lipinski definition) is 0. The molecule has 1 unspecified atom stereocenters. The van der Waals surface area contributed by atoms with Crippen LogP contribution in [0.5, 0.6) is 0 Å². The lowest BCUT2D eigenvalue weighted by Gasteiger charge is -2.29. The van der Waals surface area contributed by atoms with E-state index in [2.05, 4.69) is 0 Å². The SMILES string of the molecule is CN(CC1Cc2ccccc2CO1)S(=O)(=O)CCN1C(=O)CCCC1=O. The molecule has 0 saturated carbocycles. The van der Waals surface area contributed by atoms with Gasteiger partial charge in [-0.25, -0.2) is 12.7 Å². The summed E-state index contributed by atoms with van der Waals surface area (Å²) in [5.74, 6) is -0.831. The number of hydrogen-bond acceptors (Lipinski definition) is 5. The number of rotatable bonds is 6. The molecule has 1 atom stereocenters. The molecular formula is C18H24N2O5S. The molecule has 7 nitrogen and oxygen atoms in total. The van der Waals surface area contributed by atoms with Crippen LogP contribution in [0.15, 0.2) is 24.3 Å². The molecule has 0 aliphatic carbocycles.